The summed E-state index contributed by atoms with van der Waals surface area (Å²) in [4.78, 5) is 11.9. The van der Waals surface area contributed by atoms with E-state index in [-0.39, 0.29) is 18.0 Å². The molecule has 21 heavy (non-hydrogen) atoms. The smallest absolute Gasteiger partial charge is 0.251 e. The summed E-state index contributed by atoms with van der Waals surface area (Å²) in [7, 11) is 0. The Morgan fingerprint density at radius 1 is 1.10 bits per heavy atom. The first-order chi connectivity index (χ1) is 9.95. The van der Waals surface area contributed by atoms with Crippen LogP contribution in [0.25, 0.3) is 0 Å². The first-order valence-electron chi connectivity index (χ1n) is 6.88. The lowest BCUT2D eigenvalue weighted by atomic mass is 10.1. The highest BCUT2D eigenvalue weighted by atomic mass is 79.9. The Morgan fingerprint density at radius 3 is 2.29 bits per heavy atom. The molecule has 2 rings (SSSR count). The number of nitrogens with one attached hydrogen (secondary N) is 2. The molecule has 1 heterocycles. The highest BCUT2D eigenvalue weighted by molar-refractivity contribution is 9.10. The fourth-order valence-corrected chi connectivity index (χ4v) is 2.26. The quantitative estimate of drug-likeness (QED) is 0.842. The molecule has 0 aliphatic rings. The standard InChI is InChI=1S/C16H19BrN2O2/c1-10(2)18-16(20)12-4-6-13(7-5-12)19-11(3)14-8-9-15(17)21-14/h4-11,19H,1-3H3,(H,18,20). The second-order valence-electron chi connectivity index (χ2n) is 5.21. The fourth-order valence-electron chi connectivity index (χ4n) is 1.95. The van der Waals surface area contributed by atoms with E-state index in [1.807, 2.05) is 57.2 Å². The van der Waals surface area contributed by atoms with Gasteiger partial charge in [-0.1, -0.05) is 0 Å². The predicted octanol–water partition coefficient (Wildman–Crippen LogP) is 4.35. The van der Waals surface area contributed by atoms with Gasteiger partial charge in [-0.2, -0.15) is 0 Å². The van der Waals surface area contributed by atoms with Crippen molar-refractivity contribution in [1.82, 2.24) is 5.32 Å². The number of carbonyl (C=O) groups is 1. The lowest BCUT2D eigenvalue weighted by molar-refractivity contribution is 0.0943. The van der Waals surface area contributed by atoms with E-state index in [4.69, 9.17) is 4.42 Å². The summed E-state index contributed by atoms with van der Waals surface area (Å²) in [6, 6.07) is 11.4. The number of furan rings is 1. The molecule has 0 spiro atoms. The third-order valence-corrected chi connectivity index (χ3v) is 3.40. The zero-order chi connectivity index (χ0) is 15.4. The Balaban J connectivity index is 2.00. The molecule has 1 aromatic heterocycles. The minimum absolute atomic E-state index is 0.0478. The van der Waals surface area contributed by atoms with Gasteiger partial charge in [0.05, 0.1) is 6.04 Å². The fraction of sp³-hybridized carbons (Fsp3) is 0.312. The number of carbonyl (C=O) groups excluding carboxylic acids is 1. The molecule has 0 aliphatic carbocycles. The maximum absolute atomic E-state index is 11.9. The van der Waals surface area contributed by atoms with Gasteiger partial charge in [0, 0.05) is 17.3 Å². The molecular formula is C16H19BrN2O2. The molecule has 112 valence electrons. The average Bonchev–Trinajstić information content (AvgIpc) is 2.85. The van der Waals surface area contributed by atoms with E-state index in [9.17, 15) is 4.79 Å². The summed E-state index contributed by atoms with van der Waals surface area (Å²) in [5.41, 5.74) is 1.60. The molecule has 1 amide bonds. The molecule has 5 heteroatoms. The highest BCUT2D eigenvalue weighted by Gasteiger charge is 2.11. The maximum atomic E-state index is 11.9. The summed E-state index contributed by atoms with van der Waals surface area (Å²) in [5.74, 6) is 0.795. The summed E-state index contributed by atoms with van der Waals surface area (Å²) < 4.78 is 6.23. The topological polar surface area (TPSA) is 54.3 Å². The van der Waals surface area contributed by atoms with Gasteiger partial charge >= 0.3 is 0 Å². The third kappa shape index (κ3) is 4.36. The van der Waals surface area contributed by atoms with Crippen LogP contribution in [-0.2, 0) is 0 Å². The van der Waals surface area contributed by atoms with Gasteiger partial charge in [0.15, 0.2) is 4.67 Å². The second-order valence-corrected chi connectivity index (χ2v) is 5.99. The molecule has 0 bridgehead atoms. The monoisotopic (exact) mass is 350 g/mol. The number of anilines is 1. The van der Waals surface area contributed by atoms with Crippen LogP contribution >= 0.6 is 15.9 Å². The van der Waals surface area contributed by atoms with E-state index in [1.165, 1.54) is 0 Å². The zero-order valence-corrected chi connectivity index (χ0v) is 13.9. The number of hydrogen-bond acceptors (Lipinski definition) is 3. The van der Waals surface area contributed by atoms with Crippen LogP contribution in [0.4, 0.5) is 5.69 Å². The molecule has 0 radical (unpaired) electrons. The van der Waals surface area contributed by atoms with Crippen LogP contribution < -0.4 is 10.6 Å². The summed E-state index contributed by atoms with van der Waals surface area (Å²) in [5, 5.41) is 6.20. The Labute approximate surface area is 133 Å². The van der Waals surface area contributed by atoms with Gasteiger partial charge in [-0.05, 0) is 73.1 Å². The normalized spacial score (nSPS) is 12.2. The van der Waals surface area contributed by atoms with Gasteiger partial charge in [0.2, 0.25) is 0 Å². The van der Waals surface area contributed by atoms with Crippen molar-refractivity contribution >= 4 is 27.5 Å². The number of benzene rings is 1. The van der Waals surface area contributed by atoms with E-state index in [2.05, 4.69) is 26.6 Å². The van der Waals surface area contributed by atoms with E-state index in [0.29, 0.717) is 10.2 Å². The van der Waals surface area contributed by atoms with Crippen LogP contribution in [0.2, 0.25) is 0 Å². The van der Waals surface area contributed by atoms with Gasteiger partial charge in [0.25, 0.3) is 5.91 Å². The molecule has 4 nitrogen and oxygen atoms in total. The number of halogens is 1. The average molecular weight is 351 g/mol. The zero-order valence-electron chi connectivity index (χ0n) is 12.3. The minimum Gasteiger partial charge on any atom is -0.452 e. The van der Waals surface area contributed by atoms with Gasteiger partial charge < -0.3 is 15.1 Å². The molecule has 2 aromatic rings. The first-order valence-corrected chi connectivity index (χ1v) is 7.67. The minimum atomic E-state index is -0.0560. The Bertz CT molecular complexity index is 605. The van der Waals surface area contributed by atoms with E-state index < -0.39 is 0 Å². The molecular weight excluding hydrogens is 332 g/mol. The van der Waals surface area contributed by atoms with Crippen molar-refractivity contribution in [2.75, 3.05) is 5.32 Å². The van der Waals surface area contributed by atoms with Gasteiger partial charge in [0.1, 0.15) is 5.76 Å². The largest absolute Gasteiger partial charge is 0.452 e. The molecule has 0 fully saturated rings. The molecule has 0 saturated heterocycles. The number of amides is 1. The lowest BCUT2D eigenvalue weighted by Crippen LogP contribution is -2.29. The Hall–Kier alpha value is -1.75. The predicted molar refractivity (Wildman–Crippen MR) is 87.5 cm³/mol. The Kier molecular flexibility index (Phi) is 5.07. The van der Waals surface area contributed by atoms with Crippen molar-refractivity contribution < 1.29 is 9.21 Å². The molecule has 1 aromatic carbocycles. The number of rotatable bonds is 5. The molecule has 2 N–H and O–H groups in total. The molecule has 0 aliphatic heterocycles. The highest BCUT2D eigenvalue weighted by Crippen LogP contribution is 2.23. The van der Waals surface area contributed by atoms with Crippen molar-refractivity contribution in [1.29, 1.82) is 0 Å². The third-order valence-electron chi connectivity index (χ3n) is 2.97. The van der Waals surface area contributed by atoms with Crippen molar-refractivity contribution in [3.8, 4) is 0 Å². The van der Waals surface area contributed by atoms with Crippen molar-refractivity contribution in [2.45, 2.75) is 32.9 Å². The van der Waals surface area contributed by atoms with E-state index >= 15 is 0 Å². The van der Waals surface area contributed by atoms with Gasteiger partial charge in [-0.25, -0.2) is 0 Å². The van der Waals surface area contributed by atoms with Crippen molar-refractivity contribution in [3.05, 3.63) is 52.4 Å². The maximum Gasteiger partial charge on any atom is 0.251 e. The van der Waals surface area contributed by atoms with Crippen molar-refractivity contribution in [3.63, 3.8) is 0 Å². The van der Waals surface area contributed by atoms with Crippen LogP contribution in [0.3, 0.4) is 0 Å². The number of hydrogen-bond donors (Lipinski definition) is 2. The van der Waals surface area contributed by atoms with Gasteiger partial charge in [-0.3, -0.25) is 4.79 Å². The Morgan fingerprint density at radius 2 is 1.76 bits per heavy atom. The van der Waals surface area contributed by atoms with E-state index in [0.717, 1.165) is 11.4 Å². The first kappa shape index (κ1) is 15.6. The lowest BCUT2D eigenvalue weighted by Gasteiger charge is -2.13. The summed E-state index contributed by atoms with van der Waals surface area (Å²) in [6.45, 7) is 5.90. The second kappa shape index (κ2) is 6.80. The van der Waals surface area contributed by atoms with Crippen LogP contribution in [0.15, 0.2) is 45.5 Å². The van der Waals surface area contributed by atoms with Crippen LogP contribution in [-0.4, -0.2) is 11.9 Å². The summed E-state index contributed by atoms with van der Waals surface area (Å²) in [6.07, 6.45) is 0. The summed E-state index contributed by atoms with van der Waals surface area (Å²) >= 11 is 3.29. The molecule has 0 saturated carbocycles. The van der Waals surface area contributed by atoms with Crippen LogP contribution in [0.1, 0.15) is 42.9 Å². The van der Waals surface area contributed by atoms with Crippen LogP contribution in [0.5, 0.6) is 0 Å². The molecule has 1 atom stereocenters. The van der Waals surface area contributed by atoms with E-state index in [1.54, 1.807) is 0 Å². The van der Waals surface area contributed by atoms with Crippen molar-refractivity contribution in [2.24, 2.45) is 0 Å². The SMILES string of the molecule is CC(C)NC(=O)c1ccc(NC(C)c2ccc(Br)o2)cc1. The van der Waals surface area contributed by atoms with Gasteiger partial charge in [-0.15, -0.1) is 0 Å². The molecule has 1 unspecified atom stereocenters. The van der Waals surface area contributed by atoms with Crippen LogP contribution in [0, 0.1) is 0 Å².